The number of aromatic nitrogens is 3. The van der Waals surface area contributed by atoms with E-state index in [1.807, 2.05) is 4.90 Å². The van der Waals surface area contributed by atoms with Gasteiger partial charge in [0.15, 0.2) is 17.3 Å². The molecule has 0 saturated carbocycles. The van der Waals surface area contributed by atoms with E-state index in [9.17, 15) is 14.7 Å². The van der Waals surface area contributed by atoms with Crippen LogP contribution >= 0.6 is 0 Å². The molecular formula is C29H27N5O7. The molecule has 0 aliphatic heterocycles. The van der Waals surface area contributed by atoms with Gasteiger partial charge in [-0.2, -0.15) is 9.97 Å². The molecule has 3 aromatic carbocycles. The number of nitrogens with zero attached hydrogens (tertiary/aromatic N) is 4. The molecule has 0 spiro atoms. The molecule has 1 aromatic heterocycles. The number of nitrogen functional groups attached to an aromatic ring is 1. The van der Waals surface area contributed by atoms with Crippen molar-refractivity contribution in [1.82, 2.24) is 15.0 Å². The summed E-state index contributed by atoms with van der Waals surface area (Å²) in [5.41, 5.74) is 6.45. The number of anilines is 2. The van der Waals surface area contributed by atoms with Gasteiger partial charge in [-0.15, -0.1) is 0 Å². The van der Waals surface area contributed by atoms with Gasteiger partial charge >= 0.3 is 6.01 Å². The summed E-state index contributed by atoms with van der Waals surface area (Å²) in [5, 5.41) is 10.7. The zero-order valence-electron chi connectivity index (χ0n) is 22.4. The molecule has 0 radical (unpaired) electrons. The first-order valence-electron chi connectivity index (χ1n) is 12.6. The second-order valence-corrected chi connectivity index (χ2v) is 8.98. The monoisotopic (exact) mass is 557 g/mol. The molecule has 1 aliphatic rings. The summed E-state index contributed by atoms with van der Waals surface area (Å²) in [6.45, 7) is 2.08. The number of carbonyl (C=O) groups is 2. The number of aromatic hydroxyl groups is 1. The summed E-state index contributed by atoms with van der Waals surface area (Å²) >= 11 is 0. The maximum absolute atomic E-state index is 13.2. The summed E-state index contributed by atoms with van der Waals surface area (Å²) in [6.07, 6.45) is 1.36. The van der Waals surface area contributed by atoms with E-state index in [0.29, 0.717) is 43.8 Å². The van der Waals surface area contributed by atoms with Gasteiger partial charge in [-0.3, -0.25) is 9.59 Å². The number of ether oxygens (including phenoxy) is 4. The molecule has 0 bridgehead atoms. The van der Waals surface area contributed by atoms with Crippen LogP contribution < -0.4 is 20.1 Å². The van der Waals surface area contributed by atoms with Crippen LogP contribution in [0.4, 0.5) is 11.6 Å². The minimum absolute atomic E-state index is 0.0322. The van der Waals surface area contributed by atoms with Crippen molar-refractivity contribution in [3.05, 3.63) is 83.2 Å². The van der Waals surface area contributed by atoms with E-state index in [1.54, 1.807) is 62.8 Å². The SMILES string of the molecule is COCCN(CCOC)c1ncnc(Oc2ccc(Oc3cc(O)c4c(c3N)C(=O)c3ccccc3C4=O)cc2)n1. The smallest absolute Gasteiger partial charge is 0.326 e. The number of carbonyl (C=O) groups excluding carboxylic acids is 2. The predicted octanol–water partition coefficient (Wildman–Crippen LogP) is 3.62. The molecule has 4 aromatic rings. The molecule has 0 fully saturated rings. The Kier molecular flexibility index (Phi) is 8.04. The number of hydrogen-bond donors (Lipinski definition) is 2. The zero-order chi connectivity index (χ0) is 28.9. The first kappa shape index (κ1) is 27.5. The number of fused-ring (bicyclic) bond motifs is 2. The first-order valence-corrected chi connectivity index (χ1v) is 12.6. The summed E-state index contributed by atoms with van der Waals surface area (Å²) < 4.78 is 22.0. The quantitative estimate of drug-likeness (QED) is 0.180. The van der Waals surface area contributed by atoms with Crippen molar-refractivity contribution >= 4 is 23.2 Å². The summed E-state index contributed by atoms with van der Waals surface area (Å²) in [7, 11) is 3.23. The molecular weight excluding hydrogens is 530 g/mol. The Morgan fingerprint density at radius 1 is 0.829 bits per heavy atom. The van der Waals surface area contributed by atoms with Crippen molar-refractivity contribution < 1.29 is 33.6 Å². The van der Waals surface area contributed by atoms with Crippen molar-refractivity contribution in [2.75, 3.05) is 51.2 Å². The van der Waals surface area contributed by atoms with Gasteiger partial charge in [0, 0.05) is 44.5 Å². The molecule has 0 unspecified atom stereocenters. The van der Waals surface area contributed by atoms with Crippen LogP contribution in [0.25, 0.3) is 0 Å². The normalized spacial score (nSPS) is 12.0. The molecule has 210 valence electrons. The van der Waals surface area contributed by atoms with Crippen LogP contribution in [0.3, 0.4) is 0 Å². The van der Waals surface area contributed by atoms with E-state index in [1.165, 1.54) is 12.4 Å². The highest BCUT2D eigenvalue weighted by Gasteiger charge is 2.35. The number of hydrogen-bond acceptors (Lipinski definition) is 12. The Balaban J connectivity index is 1.33. The van der Waals surface area contributed by atoms with Crippen molar-refractivity contribution in [3.63, 3.8) is 0 Å². The van der Waals surface area contributed by atoms with Gasteiger partial charge in [0.2, 0.25) is 5.95 Å². The molecule has 0 saturated heterocycles. The molecule has 12 heteroatoms. The lowest BCUT2D eigenvalue weighted by Gasteiger charge is -2.22. The summed E-state index contributed by atoms with van der Waals surface area (Å²) in [5.74, 6) is -0.111. The molecule has 1 heterocycles. The van der Waals surface area contributed by atoms with Gasteiger partial charge in [0.1, 0.15) is 23.6 Å². The molecule has 0 atom stereocenters. The van der Waals surface area contributed by atoms with Crippen LogP contribution in [0.2, 0.25) is 0 Å². The highest BCUT2D eigenvalue weighted by molar-refractivity contribution is 6.31. The highest BCUT2D eigenvalue weighted by atomic mass is 16.5. The second kappa shape index (κ2) is 12.0. The number of phenolic OH excluding ortho intramolecular Hbond substituents is 1. The fraction of sp³-hybridized carbons (Fsp3) is 0.207. The molecule has 41 heavy (non-hydrogen) atoms. The fourth-order valence-electron chi connectivity index (χ4n) is 4.36. The van der Waals surface area contributed by atoms with Crippen molar-refractivity contribution in [3.8, 4) is 29.0 Å². The topological polar surface area (TPSA) is 159 Å². The fourth-order valence-corrected chi connectivity index (χ4v) is 4.36. The maximum atomic E-state index is 13.2. The number of rotatable bonds is 11. The van der Waals surface area contributed by atoms with E-state index >= 15 is 0 Å². The molecule has 0 amide bonds. The van der Waals surface area contributed by atoms with Gasteiger partial charge in [-0.25, -0.2) is 4.98 Å². The Bertz CT molecular complexity index is 1590. The van der Waals surface area contributed by atoms with Gasteiger partial charge in [0.05, 0.1) is 30.0 Å². The highest BCUT2D eigenvalue weighted by Crippen LogP contribution is 2.42. The number of ketones is 2. The lowest BCUT2D eigenvalue weighted by atomic mass is 9.82. The van der Waals surface area contributed by atoms with Gasteiger partial charge in [-0.1, -0.05) is 24.3 Å². The lowest BCUT2D eigenvalue weighted by Crippen LogP contribution is -2.32. The van der Waals surface area contributed by atoms with Gasteiger partial charge in [0.25, 0.3) is 0 Å². The number of nitrogens with two attached hydrogens (primary N) is 1. The number of methoxy groups -OCH3 is 2. The zero-order valence-corrected chi connectivity index (χ0v) is 22.4. The van der Waals surface area contributed by atoms with Crippen molar-refractivity contribution in [2.45, 2.75) is 0 Å². The number of phenols is 1. The third kappa shape index (κ3) is 5.64. The Hall–Kier alpha value is -5.07. The Labute approximate surface area is 235 Å². The van der Waals surface area contributed by atoms with E-state index in [4.69, 9.17) is 24.7 Å². The Morgan fingerprint density at radius 2 is 1.41 bits per heavy atom. The second-order valence-electron chi connectivity index (χ2n) is 8.98. The standard InChI is InChI=1S/C29H27N5O7/c1-38-13-11-34(12-14-39-2)28-31-16-32-29(33-28)41-18-9-7-17(8-10-18)40-22-15-21(35)23-24(25(22)30)27(37)20-6-4-3-5-19(20)26(23)36/h3-10,15-16,35H,11-14,30H2,1-2H3. The predicted molar refractivity (Wildman–Crippen MR) is 148 cm³/mol. The maximum Gasteiger partial charge on any atom is 0.326 e. The van der Waals surface area contributed by atoms with Crippen LogP contribution in [0, 0.1) is 0 Å². The largest absolute Gasteiger partial charge is 0.507 e. The van der Waals surface area contributed by atoms with Crippen LogP contribution in [-0.2, 0) is 9.47 Å². The van der Waals surface area contributed by atoms with Crippen molar-refractivity contribution in [1.29, 1.82) is 0 Å². The third-order valence-electron chi connectivity index (χ3n) is 6.39. The third-order valence-corrected chi connectivity index (χ3v) is 6.39. The lowest BCUT2D eigenvalue weighted by molar-refractivity contribution is 0.0977. The van der Waals surface area contributed by atoms with Crippen LogP contribution in [-0.4, -0.2) is 72.1 Å². The Morgan fingerprint density at radius 3 is 2.02 bits per heavy atom. The van der Waals surface area contributed by atoms with Crippen molar-refractivity contribution in [2.24, 2.45) is 0 Å². The molecule has 5 rings (SSSR count). The van der Waals surface area contributed by atoms with Crippen LogP contribution in [0.5, 0.6) is 29.0 Å². The summed E-state index contributed by atoms with van der Waals surface area (Å²) in [6, 6.07) is 14.2. The number of benzene rings is 3. The van der Waals surface area contributed by atoms with Gasteiger partial charge < -0.3 is 34.7 Å². The minimum atomic E-state index is -0.477. The van der Waals surface area contributed by atoms with E-state index in [2.05, 4.69) is 15.0 Å². The first-order chi connectivity index (χ1) is 19.9. The minimum Gasteiger partial charge on any atom is -0.507 e. The van der Waals surface area contributed by atoms with Gasteiger partial charge in [-0.05, 0) is 24.3 Å². The molecule has 12 nitrogen and oxygen atoms in total. The van der Waals surface area contributed by atoms with E-state index in [-0.39, 0.29) is 39.7 Å². The van der Waals surface area contributed by atoms with E-state index in [0.717, 1.165) is 0 Å². The molecule has 1 aliphatic carbocycles. The van der Waals surface area contributed by atoms with Crippen LogP contribution in [0.15, 0.2) is 60.9 Å². The molecule has 3 N–H and O–H groups in total. The average Bonchev–Trinajstić information content (AvgIpc) is 2.99. The summed E-state index contributed by atoms with van der Waals surface area (Å²) in [4.78, 5) is 40.8. The van der Waals surface area contributed by atoms with Crippen LogP contribution in [0.1, 0.15) is 31.8 Å². The average molecular weight is 558 g/mol. The van der Waals surface area contributed by atoms with E-state index < -0.39 is 17.3 Å².